The van der Waals surface area contributed by atoms with E-state index in [-0.39, 0.29) is 0 Å². The summed E-state index contributed by atoms with van der Waals surface area (Å²) in [5.41, 5.74) is 0. The second-order valence-corrected chi connectivity index (χ2v) is 4.45. The van der Waals surface area contributed by atoms with Gasteiger partial charge in [0.1, 0.15) is 0 Å². The lowest BCUT2D eigenvalue weighted by atomic mass is 9.83. The molecule has 0 amide bonds. The van der Waals surface area contributed by atoms with Crippen LogP contribution in [0.15, 0.2) is 0 Å². The summed E-state index contributed by atoms with van der Waals surface area (Å²) >= 11 is 0. The van der Waals surface area contributed by atoms with Gasteiger partial charge in [-0.05, 0) is 31.7 Å². The van der Waals surface area contributed by atoms with Gasteiger partial charge in [0.25, 0.3) is 0 Å². The highest BCUT2D eigenvalue weighted by molar-refractivity contribution is 4.73. The highest BCUT2D eigenvalue weighted by Crippen LogP contribution is 2.29. The van der Waals surface area contributed by atoms with E-state index in [9.17, 15) is 0 Å². The molecule has 1 aliphatic heterocycles. The molecule has 1 saturated carbocycles. The van der Waals surface area contributed by atoms with Gasteiger partial charge in [-0.3, -0.25) is 0 Å². The Morgan fingerprint density at radius 2 is 2.08 bits per heavy atom. The first-order valence-corrected chi connectivity index (χ1v) is 5.76. The van der Waals surface area contributed by atoms with E-state index < -0.39 is 0 Å². The van der Waals surface area contributed by atoms with E-state index in [0.29, 0.717) is 6.04 Å². The van der Waals surface area contributed by atoms with E-state index >= 15 is 0 Å². The number of rotatable bonds is 5. The summed E-state index contributed by atoms with van der Waals surface area (Å²) in [5.74, 6) is 0.997. The molecule has 2 fully saturated rings. The predicted molar refractivity (Wildman–Crippen MR) is 53.8 cm³/mol. The molecule has 0 radical (unpaired) electrons. The lowest BCUT2D eigenvalue weighted by Gasteiger charge is -2.25. The van der Waals surface area contributed by atoms with Gasteiger partial charge in [-0.15, -0.1) is 0 Å². The van der Waals surface area contributed by atoms with E-state index in [1.807, 2.05) is 0 Å². The Labute approximate surface area is 81.0 Å². The largest absolute Gasteiger partial charge is 0.380 e. The Kier molecular flexibility index (Phi) is 3.62. The summed E-state index contributed by atoms with van der Waals surface area (Å²) in [7, 11) is 0. The molecule has 0 aromatic heterocycles. The molecule has 13 heavy (non-hydrogen) atoms. The molecule has 1 saturated heterocycles. The van der Waals surface area contributed by atoms with Gasteiger partial charge in [0.2, 0.25) is 0 Å². The van der Waals surface area contributed by atoms with Crippen LogP contribution < -0.4 is 5.32 Å². The zero-order valence-electron chi connectivity index (χ0n) is 8.43. The maximum Gasteiger partial charge on any atom is 0.0619 e. The van der Waals surface area contributed by atoms with Crippen molar-refractivity contribution >= 4 is 0 Å². The van der Waals surface area contributed by atoms with Crippen molar-refractivity contribution in [2.24, 2.45) is 5.92 Å². The molecule has 2 rings (SSSR count). The molecule has 1 heterocycles. The van der Waals surface area contributed by atoms with Crippen LogP contribution in [0, 0.1) is 5.92 Å². The molecule has 0 aromatic rings. The molecule has 2 aliphatic rings. The van der Waals surface area contributed by atoms with Crippen molar-refractivity contribution in [3.05, 3.63) is 0 Å². The topological polar surface area (TPSA) is 21.3 Å². The van der Waals surface area contributed by atoms with E-state index in [4.69, 9.17) is 4.74 Å². The van der Waals surface area contributed by atoms with E-state index in [1.165, 1.54) is 45.1 Å². The van der Waals surface area contributed by atoms with Crippen molar-refractivity contribution in [1.29, 1.82) is 0 Å². The van der Waals surface area contributed by atoms with Crippen LogP contribution in [0.1, 0.15) is 38.5 Å². The monoisotopic (exact) mass is 183 g/mol. The Hall–Kier alpha value is -0.0800. The first-order chi connectivity index (χ1) is 6.45. The second-order valence-electron chi connectivity index (χ2n) is 4.45. The molecule has 1 aliphatic carbocycles. The quantitative estimate of drug-likeness (QED) is 0.658. The van der Waals surface area contributed by atoms with Gasteiger partial charge in [0.05, 0.1) is 6.61 Å². The average Bonchev–Trinajstić information content (AvgIpc) is 2.53. The van der Waals surface area contributed by atoms with Crippen LogP contribution in [0.5, 0.6) is 0 Å². The van der Waals surface area contributed by atoms with Crippen LogP contribution in [0.4, 0.5) is 0 Å². The number of nitrogens with one attached hydrogen (secondary N) is 1. The van der Waals surface area contributed by atoms with E-state index in [0.717, 1.165) is 19.1 Å². The minimum atomic E-state index is 0.654. The highest BCUT2D eigenvalue weighted by Gasteiger charge is 2.17. The molecule has 1 atom stereocenters. The summed E-state index contributed by atoms with van der Waals surface area (Å²) in [5, 5.41) is 3.45. The molecule has 0 unspecified atom stereocenters. The molecule has 2 heteroatoms. The van der Waals surface area contributed by atoms with Crippen molar-refractivity contribution in [1.82, 2.24) is 5.32 Å². The first-order valence-electron chi connectivity index (χ1n) is 5.76. The summed E-state index contributed by atoms with van der Waals surface area (Å²) in [6.07, 6.45) is 8.29. The molecule has 76 valence electrons. The average molecular weight is 183 g/mol. The van der Waals surface area contributed by atoms with Crippen molar-refractivity contribution in [2.75, 3.05) is 19.8 Å². The predicted octanol–water partition coefficient (Wildman–Crippen LogP) is 1.95. The zero-order valence-corrected chi connectivity index (χ0v) is 8.43. The normalized spacial score (nSPS) is 29.1. The smallest absolute Gasteiger partial charge is 0.0619 e. The molecular formula is C11H21NO. The Bertz CT molecular complexity index is 139. The van der Waals surface area contributed by atoms with Gasteiger partial charge in [0, 0.05) is 12.6 Å². The summed E-state index contributed by atoms with van der Waals surface area (Å²) < 4.78 is 5.66. The van der Waals surface area contributed by atoms with E-state index in [1.54, 1.807) is 0 Å². The minimum absolute atomic E-state index is 0.654. The number of ether oxygens (including phenoxy) is 1. The molecular weight excluding hydrogens is 162 g/mol. The van der Waals surface area contributed by atoms with Gasteiger partial charge in [-0.1, -0.05) is 19.3 Å². The van der Waals surface area contributed by atoms with Crippen molar-refractivity contribution in [2.45, 2.75) is 44.6 Å². The summed E-state index contributed by atoms with van der Waals surface area (Å²) in [6.45, 7) is 3.12. The van der Waals surface area contributed by atoms with Gasteiger partial charge >= 0.3 is 0 Å². The third kappa shape index (κ3) is 2.96. The van der Waals surface area contributed by atoms with E-state index in [2.05, 4.69) is 5.32 Å². The maximum absolute atomic E-state index is 5.66. The second kappa shape index (κ2) is 4.97. The lowest BCUT2D eigenvalue weighted by molar-refractivity contribution is 0.0926. The summed E-state index contributed by atoms with van der Waals surface area (Å²) in [4.78, 5) is 0. The fraction of sp³-hybridized carbons (Fsp3) is 1.00. The molecule has 1 N–H and O–H groups in total. The van der Waals surface area contributed by atoms with Gasteiger partial charge < -0.3 is 10.1 Å². The van der Waals surface area contributed by atoms with Crippen LogP contribution in [0.25, 0.3) is 0 Å². The van der Waals surface area contributed by atoms with Crippen molar-refractivity contribution in [3.8, 4) is 0 Å². The van der Waals surface area contributed by atoms with Gasteiger partial charge in [0.15, 0.2) is 0 Å². The van der Waals surface area contributed by atoms with Gasteiger partial charge in [-0.25, -0.2) is 0 Å². The standard InChI is InChI=1S/C11H21NO/c1-3-10(4-1)6-8-13-9-11-5-2-7-12-11/h10-12H,1-9H2/t11-/m0/s1. The Morgan fingerprint density at radius 1 is 1.15 bits per heavy atom. The van der Waals surface area contributed by atoms with Crippen LogP contribution >= 0.6 is 0 Å². The molecule has 0 aromatic carbocycles. The first kappa shape index (κ1) is 9.47. The van der Waals surface area contributed by atoms with Crippen molar-refractivity contribution in [3.63, 3.8) is 0 Å². The number of hydrogen-bond donors (Lipinski definition) is 1. The minimum Gasteiger partial charge on any atom is -0.380 e. The maximum atomic E-state index is 5.66. The Morgan fingerprint density at radius 3 is 2.69 bits per heavy atom. The number of hydrogen-bond acceptors (Lipinski definition) is 2. The molecule has 0 bridgehead atoms. The molecule has 0 spiro atoms. The highest BCUT2D eigenvalue weighted by atomic mass is 16.5. The lowest BCUT2D eigenvalue weighted by Crippen LogP contribution is -2.27. The fourth-order valence-electron chi connectivity index (χ4n) is 2.16. The van der Waals surface area contributed by atoms with Crippen LogP contribution in [0.3, 0.4) is 0 Å². The van der Waals surface area contributed by atoms with Crippen LogP contribution in [-0.4, -0.2) is 25.8 Å². The Balaban J connectivity index is 1.43. The van der Waals surface area contributed by atoms with Crippen LogP contribution in [-0.2, 0) is 4.74 Å². The van der Waals surface area contributed by atoms with Crippen LogP contribution in [0.2, 0.25) is 0 Å². The summed E-state index contributed by atoms with van der Waals surface area (Å²) in [6, 6.07) is 0.654. The van der Waals surface area contributed by atoms with Gasteiger partial charge in [-0.2, -0.15) is 0 Å². The third-order valence-electron chi connectivity index (χ3n) is 3.38. The fourth-order valence-corrected chi connectivity index (χ4v) is 2.16. The van der Waals surface area contributed by atoms with Crippen molar-refractivity contribution < 1.29 is 4.74 Å². The third-order valence-corrected chi connectivity index (χ3v) is 3.38. The zero-order chi connectivity index (χ0) is 8.93. The molecule has 2 nitrogen and oxygen atoms in total. The SMILES string of the molecule is C1CC(CCOC[C@@H]2CCCN2)C1.